The quantitative estimate of drug-likeness (QED) is 0.642. The van der Waals surface area contributed by atoms with Crippen molar-refractivity contribution in [1.29, 1.82) is 0 Å². The highest BCUT2D eigenvalue weighted by molar-refractivity contribution is 6.32. The lowest BCUT2D eigenvalue weighted by Gasteiger charge is -2.43. The summed E-state index contributed by atoms with van der Waals surface area (Å²) in [6.07, 6.45) is 5.57. The summed E-state index contributed by atoms with van der Waals surface area (Å²) in [5.41, 5.74) is 0.732. The van der Waals surface area contributed by atoms with Crippen LogP contribution in [0.15, 0.2) is 24.4 Å². The van der Waals surface area contributed by atoms with Crippen LogP contribution >= 0.6 is 11.6 Å². The van der Waals surface area contributed by atoms with Gasteiger partial charge in [0.2, 0.25) is 5.91 Å². The zero-order valence-electron chi connectivity index (χ0n) is 20.2. The number of piperidine rings is 1. The summed E-state index contributed by atoms with van der Waals surface area (Å²) in [4.78, 5) is 19.6. The molecule has 0 bridgehead atoms. The Morgan fingerprint density at radius 1 is 1.17 bits per heavy atom. The Bertz CT molecular complexity index is 1130. The summed E-state index contributed by atoms with van der Waals surface area (Å²) in [7, 11) is 0. The average molecular weight is 502 g/mol. The maximum absolute atomic E-state index is 14.5. The number of fused-ring (bicyclic) bond motifs is 1. The molecule has 3 saturated heterocycles. The number of anilines is 1. The zero-order valence-corrected chi connectivity index (χ0v) is 21.0. The number of pyridine rings is 1. The molecule has 4 aliphatic rings. The van der Waals surface area contributed by atoms with Gasteiger partial charge < -0.3 is 14.8 Å². The van der Waals surface area contributed by atoms with Crippen molar-refractivity contribution in [2.45, 2.75) is 56.7 Å². The number of benzene rings is 1. The molecule has 1 aromatic carbocycles. The third-order valence-corrected chi connectivity index (χ3v) is 9.40. The normalized spacial score (nSPS) is 31.2. The summed E-state index contributed by atoms with van der Waals surface area (Å²) < 4.78 is 25.4. The highest BCUT2D eigenvalue weighted by atomic mass is 35.5. The van der Waals surface area contributed by atoms with Gasteiger partial charge in [0.1, 0.15) is 12.0 Å². The number of hydrogen-bond donors (Lipinski definition) is 1. The summed E-state index contributed by atoms with van der Waals surface area (Å²) in [5.74, 6) is 1.03. The lowest BCUT2D eigenvalue weighted by Crippen LogP contribution is -2.55. The second kappa shape index (κ2) is 8.94. The van der Waals surface area contributed by atoms with Crippen molar-refractivity contribution >= 4 is 34.1 Å². The SMILES string of the molecule is C[C@@]1(N2CCC(c3cc4cc(NC(=O)[C@H]5CC56CCOCC6)ncc4cc3Cl)CC2)COC[C@@H]1F. The van der Waals surface area contributed by atoms with E-state index in [1.54, 1.807) is 6.20 Å². The molecule has 6 rings (SSSR count). The number of hydrogen-bond acceptors (Lipinski definition) is 5. The number of amides is 1. The van der Waals surface area contributed by atoms with E-state index in [1.165, 1.54) is 0 Å². The topological polar surface area (TPSA) is 63.7 Å². The monoisotopic (exact) mass is 501 g/mol. The Hall–Kier alpha value is -1.80. The number of nitrogens with one attached hydrogen (secondary N) is 1. The van der Waals surface area contributed by atoms with Gasteiger partial charge in [0.25, 0.3) is 0 Å². The van der Waals surface area contributed by atoms with Crippen molar-refractivity contribution in [3.8, 4) is 0 Å². The number of likely N-dealkylation sites (tertiary alicyclic amines) is 1. The van der Waals surface area contributed by atoms with E-state index in [2.05, 4.69) is 21.3 Å². The first kappa shape index (κ1) is 23.6. The molecule has 1 aliphatic carbocycles. The number of aromatic nitrogens is 1. The molecule has 1 amide bonds. The van der Waals surface area contributed by atoms with Gasteiger partial charge in [0.15, 0.2) is 0 Å². The van der Waals surface area contributed by atoms with Crippen LogP contribution in [0.4, 0.5) is 10.2 Å². The molecular weight excluding hydrogens is 469 g/mol. The standard InChI is InChI=1S/C27H33ClFN3O3/c1-26(16-35-15-23(26)29)32-6-2-17(3-7-32)20-10-18-12-24(30-14-19(18)11-22(20)28)31-25(33)21-13-27(21)4-8-34-9-5-27/h10-12,14,17,21,23H,2-9,13,15-16H2,1H3,(H,30,31,33)/t21-,23+,26-/m1/s1. The fourth-order valence-corrected chi connectivity index (χ4v) is 6.78. The van der Waals surface area contributed by atoms with Crippen LogP contribution in [0.1, 0.15) is 50.5 Å². The third-order valence-electron chi connectivity index (χ3n) is 9.07. The Labute approximate surface area is 210 Å². The fraction of sp³-hybridized carbons (Fsp3) is 0.630. The first-order valence-corrected chi connectivity index (χ1v) is 13.2. The molecule has 35 heavy (non-hydrogen) atoms. The largest absolute Gasteiger partial charge is 0.381 e. The van der Waals surface area contributed by atoms with Gasteiger partial charge in [-0.15, -0.1) is 0 Å². The molecule has 2 aromatic rings. The smallest absolute Gasteiger partial charge is 0.229 e. The Morgan fingerprint density at radius 3 is 2.66 bits per heavy atom. The van der Waals surface area contributed by atoms with Crippen molar-refractivity contribution in [2.24, 2.45) is 11.3 Å². The van der Waals surface area contributed by atoms with E-state index >= 15 is 0 Å². The number of rotatable bonds is 4. The molecule has 0 radical (unpaired) electrons. The highest BCUT2D eigenvalue weighted by Gasteiger charge is 2.58. The number of carbonyl (C=O) groups is 1. The van der Waals surface area contributed by atoms with Gasteiger partial charge in [-0.25, -0.2) is 9.37 Å². The third kappa shape index (κ3) is 4.24. The summed E-state index contributed by atoms with van der Waals surface area (Å²) >= 11 is 6.71. The van der Waals surface area contributed by atoms with Gasteiger partial charge in [0, 0.05) is 35.7 Å². The molecular formula is C27H33ClFN3O3. The lowest BCUT2D eigenvalue weighted by atomic mass is 9.85. The summed E-state index contributed by atoms with van der Waals surface area (Å²) in [6.45, 7) is 5.77. The zero-order chi connectivity index (χ0) is 24.2. The molecule has 6 nitrogen and oxygen atoms in total. The van der Waals surface area contributed by atoms with Crippen LogP contribution in [0.25, 0.3) is 10.8 Å². The van der Waals surface area contributed by atoms with Crippen molar-refractivity contribution < 1.29 is 18.7 Å². The van der Waals surface area contributed by atoms with E-state index < -0.39 is 11.7 Å². The van der Waals surface area contributed by atoms with Crippen LogP contribution in [0.3, 0.4) is 0 Å². The molecule has 3 aliphatic heterocycles. The second-order valence-electron chi connectivity index (χ2n) is 11.1. The minimum Gasteiger partial charge on any atom is -0.381 e. The predicted molar refractivity (Wildman–Crippen MR) is 134 cm³/mol. The maximum Gasteiger partial charge on any atom is 0.229 e. The second-order valence-corrected chi connectivity index (χ2v) is 11.5. The predicted octanol–water partition coefficient (Wildman–Crippen LogP) is 4.95. The molecule has 1 N–H and O–H groups in total. The first-order chi connectivity index (χ1) is 16.9. The van der Waals surface area contributed by atoms with Gasteiger partial charge in [-0.2, -0.15) is 0 Å². The van der Waals surface area contributed by atoms with E-state index in [0.717, 1.165) is 79.8 Å². The van der Waals surface area contributed by atoms with Gasteiger partial charge in [-0.05, 0) is 92.6 Å². The summed E-state index contributed by atoms with van der Waals surface area (Å²) in [5, 5.41) is 5.77. The molecule has 3 atom stereocenters. The Kier molecular flexibility index (Phi) is 6.03. The van der Waals surface area contributed by atoms with Gasteiger partial charge in [-0.3, -0.25) is 9.69 Å². The van der Waals surface area contributed by atoms with Crippen LogP contribution in [0, 0.1) is 11.3 Å². The van der Waals surface area contributed by atoms with Gasteiger partial charge in [-0.1, -0.05) is 11.6 Å². The Balaban J connectivity index is 1.15. The lowest BCUT2D eigenvalue weighted by molar-refractivity contribution is -0.118. The first-order valence-electron chi connectivity index (χ1n) is 12.8. The maximum atomic E-state index is 14.5. The molecule has 0 unspecified atom stereocenters. The number of alkyl halides is 1. The van der Waals surface area contributed by atoms with E-state index in [1.807, 2.05) is 19.1 Å². The van der Waals surface area contributed by atoms with Crippen LogP contribution in [-0.2, 0) is 14.3 Å². The number of carbonyl (C=O) groups excluding carboxylic acids is 1. The van der Waals surface area contributed by atoms with Crippen molar-refractivity contribution in [1.82, 2.24) is 9.88 Å². The van der Waals surface area contributed by atoms with Gasteiger partial charge in [0.05, 0.1) is 18.8 Å². The van der Waals surface area contributed by atoms with E-state index in [0.29, 0.717) is 18.3 Å². The Morgan fingerprint density at radius 2 is 1.94 bits per heavy atom. The number of ether oxygens (including phenoxy) is 2. The fourth-order valence-electron chi connectivity index (χ4n) is 6.46. The molecule has 1 spiro atoms. The van der Waals surface area contributed by atoms with Crippen molar-refractivity contribution in [3.63, 3.8) is 0 Å². The average Bonchev–Trinajstić information content (AvgIpc) is 3.44. The number of nitrogens with zero attached hydrogens (tertiary/aromatic N) is 2. The van der Waals surface area contributed by atoms with E-state index in [4.69, 9.17) is 21.1 Å². The molecule has 8 heteroatoms. The molecule has 1 saturated carbocycles. The summed E-state index contributed by atoms with van der Waals surface area (Å²) in [6, 6.07) is 6.06. The minimum absolute atomic E-state index is 0.0610. The number of halogens is 2. The van der Waals surface area contributed by atoms with E-state index in [-0.39, 0.29) is 23.8 Å². The van der Waals surface area contributed by atoms with E-state index in [9.17, 15) is 9.18 Å². The van der Waals surface area contributed by atoms with Crippen molar-refractivity contribution in [3.05, 3.63) is 35.0 Å². The van der Waals surface area contributed by atoms with Gasteiger partial charge >= 0.3 is 0 Å². The molecule has 188 valence electrons. The highest BCUT2D eigenvalue weighted by Crippen LogP contribution is 2.59. The van der Waals surface area contributed by atoms with Crippen LogP contribution in [-0.4, -0.2) is 67.0 Å². The van der Waals surface area contributed by atoms with Crippen LogP contribution in [0.5, 0.6) is 0 Å². The molecule has 4 heterocycles. The molecule has 4 fully saturated rings. The van der Waals surface area contributed by atoms with Crippen LogP contribution < -0.4 is 5.32 Å². The minimum atomic E-state index is -0.943. The van der Waals surface area contributed by atoms with Crippen LogP contribution in [0.2, 0.25) is 5.02 Å². The molecule has 1 aromatic heterocycles. The van der Waals surface area contributed by atoms with Crippen molar-refractivity contribution in [2.75, 3.05) is 44.8 Å².